The van der Waals surface area contributed by atoms with Gasteiger partial charge in [0.1, 0.15) is 0 Å². The van der Waals surface area contributed by atoms with Crippen molar-refractivity contribution in [2.24, 2.45) is 11.8 Å². The van der Waals surface area contributed by atoms with Crippen molar-refractivity contribution in [3.8, 4) is 0 Å². The maximum absolute atomic E-state index is 10.5. The molecule has 0 unspecified atom stereocenters. The number of aliphatic hydroxyl groups is 1. The molecule has 0 aromatic carbocycles. The van der Waals surface area contributed by atoms with Crippen LogP contribution in [0.3, 0.4) is 0 Å². The molecule has 142 valence electrons. The zero-order valence-corrected chi connectivity index (χ0v) is 15.5. The molecule has 5 atom stereocenters. The minimum Gasteiger partial charge on any atom is -0.481 e. The molecule has 3 fully saturated rings. The Bertz CT molecular complexity index is 451. The van der Waals surface area contributed by atoms with Crippen LogP contribution >= 0.6 is 0 Å². The van der Waals surface area contributed by atoms with Crippen molar-refractivity contribution in [1.82, 2.24) is 0 Å². The van der Waals surface area contributed by atoms with Gasteiger partial charge in [-0.05, 0) is 43.9 Å². The fraction of sp³-hybridized carbons (Fsp3) is 0.762. The Labute approximate surface area is 152 Å². The first-order chi connectivity index (χ1) is 12.1. The predicted octanol–water partition coefficient (Wildman–Crippen LogP) is 4.48. The van der Waals surface area contributed by atoms with Crippen molar-refractivity contribution in [2.45, 2.75) is 89.4 Å². The van der Waals surface area contributed by atoms with E-state index in [1.54, 1.807) is 0 Å². The average molecular weight is 350 g/mol. The number of carbonyl (C=O) groups is 1. The number of aliphatic carboxylic acids is 1. The van der Waals surface area contributed by atoms with Gasteiger partial charge in [0, 0.05) is 12.8 Å². The van der Waals surface area contributed by atoms with Crippen molar-refractivity contribution in [1.29, 1.82) is 0 Å². The lowest BCUT2D eigenvalue weighted by molar-refractivity contribution is -0.198. The summed E-state index contributed by atoms with van der Waals surface area (Å²) in [5.74, 6) is 0.249. The molecule has 0 spiro atoms. The van der Waals surface area contributed by atoms with Crippen molar-refractivity contribution in [3.05, 3.63) is 24.3 Å². The highest BCUT2D eigenvalue weighted by Gasteiger charge is 2.45. The van der Waals surface area contributed by atoms with Crippen LogP contribution in [0.15, 0.2) is 24.3 Å². The maximum atomic E-state index is 10.5. The Kier molecular flexibility index (Phi) is 8.70. The molecule has 2 heterocycles. The molecule has 0 amide bonds. The van der Waals surface area contributed by atoms with Crippen LogP contribution in [0.2, 0.25) is 0 Å². The zero-order valence-electron chi connectivity index (χ0n) is 15.5. The molecule has 0 radical (unpaired) electrons. The second-order valence-corrected chi connectivity index (χ2v) is 7.54. The molecule has 2 aliphatic heterocycles. The first kappa shape index (κ1) is 20.2. The van der Waals surface area contributed by atoms with Crippen molar-refractivity contribution in [2.75, 3.05) is 0 Å². The first-order valence-corrected chi connectivity index (χ1v) is 9.98. The smallest absolute Gasteiger partial charge is 0.303 e. The summed E-state index contributed by atoms with van der Waals surface area (Å²) in [5, 5.41) is 18.8. The van der Waals surface area contributed by atoms with Crippen LogP contribution in [0, 0.1) is 11.8 Å². The van der Waals surface area contributed by atoms with Gasteiger partial charge in [-0.2, -0.15) is 0 Å². The van der Waals surface area contributed by atoms with Gasteiger partial charge in [0.05, 0.1) is 18.3 Å². The number of ether oxygens (including phenoxy) is 1. The molecule has 1 saturated carbocycles. The van der Waals surface area contributed by atoms with E-state index in [2.05, 4.69) is 25.2 Å². The molecule has 0 aromatic rings. The van der Waals surface area contributed by atoms with E-state index in [4.69, 9.17) is 9.84 Å². The fourth-order valence-corrected chi connectivity index (χ4v) is 3.94. The van der Waals surface area contributed by atoms with Gasteiger partial charge < -0.3 is 14.9 Å². The summed E-state index contributed by atoms with van der Waals surface area (Å²) in [5.41, 5.74) is 0. The number of hydrogen-bond donors (Lipinski definition) is 2. The summed E-state index contributed by atoms with van der Waals surface area (Å²) < 4.78 is 5.91. The standard InChI is InChI=1S/C21H34O4/c1-2-3-6-9-17(22)13-12-16-14-18-15-20(25-18)19(16)10-7-4-5-8-11-21(23)24/h4,7,12-13,16-20,22H,2-3,5-6,8-11,14-15H2,1H3,(H,23,24)/t16-,17-,18-,19+,20-/m0/s1. The summed E-state index contributed by atoms with van der Waals surface area (Å²) in [7, 11) is 0. The van der Waals surface area contributed by atoms with E-state index in [9.17, 15) is 9.90 Å². The van der Waals surface area contributed by atoms with Crippen LogP contribution in [-0.2, 0) is 9.53 Å². The molecule has 2 saturated heterocycles. The number of fused-ring (bicyclic) bond motifs is 2. The highest BCUT2D eigenvalue weighted by molar-refractivity contribution is 5.66. The van der Waals surface area contributed by atoms with Crippen LogP contribution in [0.5, 0.6) is 0 Å². The molecule has 2 N–H and O–H groups in total. The molecule has 25 heavy (non-hydrogen) atoms. The monoisotopic (exact) mass is 350 g/mol. The number of allylic oxidation sites excluding steroid dienone is 3. The third kappa shape index (κ3) is 6.95. The van der Waals surface area contributed by atoms with Crippen molar-refractivity contribution < 1.29 is 19.7 Å². The Balaban J connectivity index is 1.76. The molecule has 3 rings (SSSR count). The highest BCUT2D eigenvalue weighted by Crippen LogP contribution is 2.45. The van der Waals surface area contributed by atoms with Gasteiger partial charge in [-0.15, -0.1) is 0 Å². The Morgan fingerprint density at radius 1 is 1.24 bits per heavy atom. The second-order valence-electron chi connectivity index (χ2n) is 7.54. The normalized spacial score (nSPS) is 29.8. The highest BCUT2D eigenvalue weighted by atomic mass is 16.5. The van der Waals surface area contributed by atoms with Gasteiger partial charge in [0.15, 0.2) is 0 Å². The van der Waals surface area contributed by atoms with Gasteiger partial charge in [0.25, 0.3) is 0 Å². The van der Waals surface area contributed by atoms with Gasteiger partial charge in [0.2, 0.25) is 0 Å². The van der Waals surface area contributed by atoms with Gasteiger partial charge >= 0.3 is 5.97 Å². The topological polar surface area (TPSA) is 66.8 Å². The van der Waals surface area contributed by atoms with E-state index in [-0.39, 0.29) is 12.5 Å². The third-order valence-electron chi connectivity index (χ3n) is 5.45. The number of rotatable bonds is 12. The minimum atomic E-state index is -0.725. The molecular weight excluding hydrogens is 316 g/mol. The van der Waals surface area contributed by atoms with E-state index in [0.717, 1.165) is 32.1 Å². The van der Waals surface area contributed by atoms with E-state index < -0.39 is 5.97 Å². The lowest BCUT2D eigenvalue weighted by Crippen LogP contribution is -2.51. The van der Waals surface area contributed by atoms with Gasteiger partial charge in [-0.1, -0.05) is 50.5 Å². The van der Waals surface area contributed by atoms with Crippen molar-refractivity contribution in [3.63, 3.8) is 0 Å². The number of hydrogen-bond acceptors (Lipinski definition) is 3. The van der Waals surface area contributed by atoms with E-state index in [1.165, 1.54) is 19.3 Å². The second kappa shape index (κ2) is 10.8. The summed E-state index contributed by atoms with van der Waals surface area (Å²) >= 11 is 0. The number of carboxylic acids is 1. The SMILES string of the molecule is CCCCC[C@H](O)C=C[C@H]1C[C@H]2C[C@H](O2)[C@@H]1CC=CCCCC(=O)O. The van der Waals surface area contributed by atoms with E-state index >= 15 is 0 Å². The zero-order chi connectivity index (χ0) is 18.1. The fourth-order valence-electron chi connectivity index (χ4n) is 3.94. The average Bonchev–Trinajstić information content (AvgIpc) is 2.55. The van der Waals surface area contributed by atoms with Gasteiger partial charge in [-0.25, -0.2) is 0 Å². The molecule has 4 heteroatoms. The largest absolute Gasteiger partial charge is 0.481 e. The third-order valence-corrected chi connectivity index (χ3v) is 5.45. The van der Waals surface area contributed by atoms with Crippen LogP contribution in [0.25, 0.3) is 0 Å². The lowest BCUT2D eigenvalue weighted by atomic mass is 9.70. The van der Waals surface area contributed by atoms with Crippen LogP contribution in [0.4, 0.5) is 0 Å². The summed E-state index contributed by atoms with van der Waals surface area (Å²) in [4.78, 5) is 10.5. The predicted molar refractivity (Wildman–Crippen MR) is 99.4 cm³/mol. The molecule has 4 nitrogen and oxygen atoms in total. The lowest BCUT2D eigenvalue weighted by Gasteiger charge is -2.50. The van der Waals surface area contributed by atoms with Crippen LogP contribution in [0.1, 0.15) is 71.1 Å². The van der Waals surface area contributed by atoms with Gasteiger partial charge in [-0.3, -0.25) is 4.79 Å². The number of unbranched alkanes of at least 4 members (excludes halogenated alkanes) is 3. The van der Waals surface area contributed by atoms with E-state index in [0.29, 0.717) is 30.5 Å². The molecular formula is C21H34O4. The first-order valence-electron chi connectivity index (χ1n) is 9.98. The van der Waals surface area contributed by atoms with E-state index in [1.807, 2.05) is 6.08 Å². The Morgan fingerprint density at radius 2 is 2.04 bits per heavy atom. The number of aliphatic hydroxyl groups excluding tert-OH is 1. The Hall–Kier alpha value is -1.13. The van der Waals surface area contributed by atoms with Crippen LogP contribution in [-0.4, -0.2) is 34.5 Å². The summed E-state index contributed by atoms with van der Waals surface area (Å²) in [6.45, 7) is 2.18. The number of carboxylic acid groups (broad SMARTS) is 1. The Morgan fingerprint density at radius 3 is 2.76 bits per heavy atom. The summed E-state index contributed by atoms with van der Waals surface area (Å²) in [6.07, 6.45) is 18.2. The van der Waals surface area contributed by atoms with Crippen molar-refractivity contribution >= 4 is 5.97 Å². The minimum absolute atomic E-state index is 0.239. The summed E-state index contributed by atoms with van der Waals surface area (Å²) in [6, 6.07) is 0. The molecule has 3 aliphatic rings. The molecule has 2 bridgehead atoms. The van der Waals surface area contributed by atoms with Crippen LogP contribution < -0.4 is 0 Å². The quantitative estimate of drug-likeness (QED) is 0.402. The molecule has 1 aliphatic carbocycles. The maximum Gasteiger partial charge on any atom is 0.303 e. The molecule has 0 aromatic heterocycles.